The first-order valence-electron chi connectivity index (χ1n) is 16.5. The Kier molecular flexibility index (Phi) is 47.7. The van der Waals surface area contributed by atoms with Crippen molar-refractivity contribution in [2.24, 2.45) is 0 Å². The third-order valence-electron chi connectivity index (χ3n) is 5.28. The summed E-state index contributed by atoms with van der Waals surface area (Å²) in [5.41, 5.74) is 0.645. The fourth-order valence-electron chi connectivity index (χ4n) is 2.03. The molecule has 23 nitrogen and oxygen atoms in total. The molecule has 23 heteroatoms. The van der Waals surface area contributed by atoms with E-state index in [2.05, 4.69) is 38.7 Å². The zero-order valence-corrected chi connectivity index (χ0v) is 36.0. The highest BCUT2D eigenvalue weighted by molar-refractivity contribution is 5.99. The molecule has 0 saturated carbocycles. The zero-order valence-electron chi connectivity index (χ0n) is 36.0. The van der Waals surface area contributed by atoms with Crippen LogP contribution in [0.2, 0.25) is 0 Å². The van der Waals surface area contributed by atoms with E-state index in [4.69, 9.17) is 25.5 Å². The monoisotopic (exact) mass is 890 g/mol. The first-order valence-corrected chi connectivity index (χ1v) is 16.5. The lowest BCUT2D eigenvalue weighted by molar-refractivity contribution is -0.151. The highest BCUT2D eigenvalue weighted by atomic mass is 16.5. The molecule has 0 aromatic rings. The van der Waals surface area contributed by atoms with Crippen molar-refractivity contribution in [3.05, 3.63) is 60.3 Å². The molecule has 0 fully saturated rings. The SMILES string of the molecule is C=C(CC(=O)O)C(C)=O.C=C(CC(=O)O)C(C)=O.C=C(CC(=O)OC)C(=O)OC.CC(=O)/C(C)=C/C(=O)O.CC(=O)/C=C/C(=O)O.CC(=O)CC(=O)O.COC(=O)CC(=O)OC. The number of carbonyl (C=O) groups excluding carboxylic acids is 9. The van der Waals surface area contributed by atoms with Crippen LogP contribution in [-0.2, 0) is 86.1 Å². The molecule has 62 heavy (non-hydrogen) atoms. The molecule has 5 N–H and O–H groups in total. The van der Waals surface area contributed by atoms with Gasteiger partial charge in [0.05, 0.1) is 47.7 Å². The summed E-state index contributed by atoms with van der Waals surface area (Å²) in [6, 6.07) is 0. The molecule has 0 atom stereocenters. The molecule has 0 spiro atoms. The first kappa shape index (κ1) is 68.9. The van der Waals surface area contributed by atoms with Gasteiger partial charge in [-0.1, -0.05) is 19.7 Å². The number of carboxylic acid groups (broad SMARTS) is 5. The van der Waals surface area contributed by atoms with E-state index >= 15 is 0 Å². The summed E-state index contributed by atoms with van der Waals surface area (Å²) in [6.07, 6.45) is 1.40. The molecule has 0 heterocycles. The largest absolute Gasteiger partial charge is 0.481 e. The Hall–Kier alpha value is -7.72. The van der Waals surface area contributed by atoms with E-state index in [1.807, 2.05) is 0 Å². The van der Waals surface area contributed by atoms with Gasteiger partial charge in [0.2, 0.25) is 0 Å². The molecule has 0 aliphatic rings. The quantitative estimate of drug-likeness (QED) is 0.0604. The second-order valence-electron chi connectivity index (χ2n) is 10.9. The lowest BCUT2D eigenvalue weighted by Gasteiger charge is -2.00. The first-order chi connectivity index (χ1) is 28.2. The molecule has 348 valence electrons. The van der Waals surface area contributed by atoms with Gasteiger partial charge in [0.15, 0.2) is 23.1 Å². The molecular weight excluding hydrogens is 836 g/mol. The predicted octanol–water partition coefficient (Wildman–Crippen LogP) is 2.09. The van der Waals surface area contributed by atoms with Gasteiger partial charge < -0.3 is 44.5 Å². The number of aliphatic carboxylic acids is 5. The van der Waals surface area contributed by atoms with E-state index in [1.54, 1.807) is 0 Å². The number of ether oxygens (including phenoxy) is 4. The summed E-state index contributed by atoms with van der Waals surface area (Å²) >= 11 is 0. The van der Waals surface area contributed by atoms with Gasteiger partial charge in [-0.05, 0) is 64.3 Å². The number of hydrogen-bond acceptors (Lipinski definition) is 18. The summed E-state index contributed by atoms with van der Waals surface area (Å²) in [7, 11) is 4.90. The van der Waals surface area contributed by atoms with Crippen molar-refractivity contribution in [3.63, 3.8) is 0 Å². The summed E-state index contributed by atoms with van der Waals surface area (Å²) in [5.74, 6) is -8.84. The number of esters is 4. The molecule has 0 aromatic heterocycles. The molecule has 0 rings (SSSR count). The molecule has 0 aliphatic carbocycles. The van der Waals surface area contributed by atoms with Crippen LogP contribution in [0.25, 0.3) is 0 Å². The van der Waals surface area contributed by atoms with Crippen molar-refractivity contribution < 1.29 is 112 Å². The van der Waals surface area contributed by atoms with E-state index in [0.717, 1.165) is 18.2 Å². The van der Waals surface area contributed by atoms with Crippen LogP contribution in [-0.4, -0.2) is 137 Å². The molecule has 0 bridgehead atoms. The fourth-order valence-corrected chi connectivity index (χ4v) is 2.03. The van der Waals surface area contributed by atoms with Crippen LogP contribution in [0.5, 0.6) is 0 Å². The highest BCUT2D eigenvalue weighted by Gasteiger charge is 2.11. The minimum Gasteiger partial charge on any atom is -0.481 e. The van der Waals surface area contributed by atoms with Crippen molar-refractivity contribution in [2.45, 2.75) is 73.6 Å². The van der Waals surface area contributed by atoms with Crippen LogP contribution in [0, 0.1) is 0 Å². The second kappa shape index (κ2) is 42.9. The fraction of sp³-hybridized carbons (Fsp3) is 0.385. The van der Waals surface area contributed by atoms with E-state index in [1.165, 1.54) is 70.0 Å². The van der Waals surface area contributed by atoms with Crippen LogP contribution < -0.4 is 0 Å². The van der Waals surface area contributed by atoms with Crippen molar-refractivity contribution in [3.8, 4) is 0 Å². The van der Waals surface area contributed by atoms with Gasteiger partial charge in [0.25, 0.3) is 0 Å². The van der Waals surface area contributed by atoms with E-state index in [-0.39, 0.29) is 83.3 Å². The molecule has 0 radical (unpaired) electrons. The molecule has 0 aliphatic heterocycles. The highest BCUT2D eigenvalue weighted by Crippen LogP contribution is 2.01. The van der Waals surface area contributed by atoms with Crippen molar-refractivity contribution >= 4 is 82.6 Å². The molecular formula is C39H54O23. The van der Waals surface area contributed by atoms with Gasteiger partial charge in [0, 0.05) is 17.7 Å². The van der Waals surface area contributed by atoms with Gasteiger partial charge in [0.1, 0.15) is 18.6 Å². The predicted molar refractivity (Wildman–Crippen MR) is 213 cm³/mol. The topological polar surface area (TPSA) is 377 Å². The maximum absolute atomic E-state index is 10.6. The van der Waals surface area contributed by atoms with E-state index in [0.29, 0.717) is 0 Å². The lowest BCUT2D eigenvalue weighted by atomic mass is 10.1. The summed E-state index contributed by atoms with van der Waals surface area (Å²) in [4.78, 5) is 141. The Labute approximate surface area is 356 Å². The average Bonchev–Trinajstić information content (AvgIpc) is 3.13. The smallest absolute Gasteiger partial charge is 0.333 e. The van der Waals surface area contributed by atoms with Gasteiger partial charge in [-0.15, -0.1) is 0 Å². The Bertz CT molecular complexity index is 1630. The maximum Gasteiger partial charge on any atom is 0.333 e. The van der Waals surface area contributed by atoms with Gasteiger partial charge in [-0.2, -0.15) is 0 Å². The number of methoxy groups -OCH3 is 4. The number of carbonyl (C=O) groups is 14. The third-order valence-corrected chi connectivity index (χ3v) is 5.28. The number of ketones is 5. The summed E-state index contributed by atoms with van der Waals surface area (Å²) in [5, 5.41) is 40.1. The molecule has 0 aromatic carbocycles. The Morgan fingerprint density at radius 2 is 0.758 bits per heavy atom. The van der Waals surface area contributed by atoms with Gasteiger partial charge >= 0.3 is 53.7 Å². The minimum atomic E-state index is -1.10. The van der Waals surface area contributed by atoms with Crippen LogP contribution in [0.4, 0.5) is 0 Å². The van der Waals surface area contributed by atoms with Gasteiger partial charge in [-0.3, -0.25) is 52.7 Å². The minimum absolute atomic E-state index is 0.0966. The van der Waals surface area contributed by atoms with E-state index in [9.17, 15) is 67.1 Å². The second-order valence-corrected chi connectivity index (χ2v) is 10.9. The Morgan fingerprint density at radius 1 is 0.419 bits per heavy atom. The maximum atomic E-state index is 10.6. The standard InChI is InChI=1S/C7H10O4.3C6H8O3.C5H8O4.C5H6O3.C4H6O3/c1-5(7(9)11-3)4-6(8)10-2;3*1-4(5(2)7)3-6(8)9;1-8-4(6)3-5(7)9-2;1-4(6)2-3-5(7)8;1-3(5)2-4(6)7/h1,4H2,2-3H3;3H,1-2H3,(H,8,9);2*1,3H2,2H3,(H,8,9);3H2,1-2H3;2-3H,1H3,(H,7,8);2H2,1H3,(H,6,7)/b;4-3+;;;;3-2+;. The van der Waals surface area contributed by atoms with Crippen molar-refractivity contribution in [1.29, 1.82) is 0 Å². The summed E-state index contributed by atoms with van der Waals surface area (Å²) in [6.45, 7) is 17.8. The van der Waals surface area contributed by atoms with Crippen molar-refractivity contribution in [2.75, 3.05) is 28.4 Å². The number of carboxylic acids is 5. The Morgan fingerprint density at radius 3 is 0.903 bits per heavy atom. The van der Waals surface area contributed by atoms with Crippen LogP contribution in [0.15, 0.2) is 60.3 Å². The van der Waals surface area contributed by atoms with Gasteiger partial charge in [-0.25, -0.2) is 14.4 Å². The number of rotatable bonds is 17. The van der Waals surface area contributed by atoms with Crippen LogP contribution in [0.3, 0.4) is 0 Å². The summed E-state index contributed by atoms with van der Waals surface area (Å²) < 4.78 is 17.0. The van der Waals surface area contributed by atoms with Crippen molar-refractivity contribution in [1.82, 2.24) is 0 Å². The zero-order chi connectivity index (χ0) is 50.9. The number of hydrogen-bond donors (Lipinski definition) is 5. The van der Waals surface area contributed by atoms with E-state index < -0.39 is 53.7 Å². The molecule has 0 unspecified atom stereocenters. The third kappa shape index (κ3) is 67.1. The lowest BCUT2D eigenvalue weighted by Crippen LogP contribution is -2.09. The number of Topliss-reactive ketones (excluding diaryl/α,β-unsaturated/α-hetero) is 4. The van der Waals surface area contributed by atoms with Crippen LogP contribution in [0.1, 0.15) is 73.6 Å². The molecule has 0 saturated heterocycles. The normalized spacial score (nSPS) is 8.97. The average molecular weight is 891 g/mol. The Balaban J connectivity index is -0.000000114. The van der Waals surface area contributed by atoms with Crippen LogP contribution >= 0.6 is 0 Å². The molecule has 0 amide bonds. The number of allylic oxidation sites excluding steroid dienone is 2.